The molecule has 0 aliphatic heterocycles. The van der Waals surface area contributed by atoms with Crippen molar-refractivity contribution in [1.82, 2.24) is 0 Å². The normalized spacial score (nSPS) is 33.6. The molecule has 1 fully saturated rings. The molecule has 0 aromatic rings. The fraction of sp³-hybridized carbons (Fsp3) is 0.667. The molecule has 0 unspecified atom stereocenters. The molecule has 3 aliphatic carbocycles. The predicted molar refractivity (Wildman–Crippen MR) is 124 cm³/mol. The van der Waals surface area contributed by atoms with Crippen molar-refractivity contribution in [2.45, 2.75) is 92.1 Å². The fourth-order valence-corrected chi connectivity index (χ4v) is 6.88. The number of carboxylic acids is 1. The van der Waals surface area contributed by atoms with E-state index in [0.29, 0.717) is 29.9 Å². The average molecular weight is 443 g/mol. The standard InChI is InChI=1S/C27H38O5/c1-16-13-19(28)14-18(24(16)31)15-27(6)17(2)11-12-26(5)21(8-10-23(29)30)20(25(3,4)32)7-9-22(26)27/h13-14,17,22,32H,7-12,15H2,1-6H3,(H,29,30)/t17-,22-,26-,27-/m0/s1. The van der Waals surface area contributed by atoms with E-state index in [1.165, 1.54) is 12.2 Å². The van der Waals surface area contributed by atoms with E-state index in [2.05, 4.69) is 20.8 Å². The molecule has 0 saturated heterocycles. The number of ketones is 2. The van der Waals surface area contributed by atoms with Crippen LogP contribution in [-0.2, 0) is 14.4 Å². The largest absolute Gasteiger partial charge is 0.481 e. The van der Waals surface area contributed by atoms with Gasteiger partial charge in [-0.2, -0.15) is 0 Å². The zero-order valence-corrected chi connectivity index (χ0v) is 20.4. The number of hydrogen-bond acceptors (Lipinski definition) is 4. The minimum atomic E-state index is -0.989. The first-order valence-corrected chi connectivity index (χ1v) is 11.8. The highest BCUT2D eigenvalue weighted by Gasteiger charge is 2.56. The lowest BCUT2D eigenvalue weighted by Gasteiger charge is -2.60. The molecule has 5 heteroatoms. The Balaban J connectivity index is 2.05. The van der Waals surface area contributed by atoms with Crippen LogP contribution in [0.2, 0.25) is 0 Å². The van der Waals surface area contributed by atoms with E-state index >= 15 is 0 Å². The summed E-state index contributed by atoms with van der Waals surface area (Å²) in [6.45, 7) is 12.0. The molecule has 1 saturated carbocycles. The zero-order valence-electron chi connectivity index (χ0n) is 20.4. The maximum atomic E-state index is 12.9. The maximum Gasteiger partial charge on any atom is 0.303 e. The van der Waals surface area contributed by atoms with Crippen LogP contribution in [0.4, 0.5) is 0 Å². The second kappa shape index (κ2) is 8.40. The van der Waals surface area contributed by atoms with Crippen molar-refractivity contribution in [3.63, 3.8) is 0 Å². The maximum absolute atomic E-state index is 12.9. The van der Waals surface area contributed by atoms with Crippen molar-refractivity contribution in [1.29, 1.82) is 0 Å². The molecule has 0 amide bonds. The van der Waals surface area contributed by atoms with Gasteiger partial charge in [-0.15, -0.1) is 0 Å². The second-order valence-corrected chi connectivity index (χ2v) is 11.3. The smallest absolute Gasteiger partial charge is 0.303 e. The molecule has 0 aromatic carbocycles. The Kier molecular flexibility index (Phi) is 6.47. The Labute approximate surface area is 191 Å². The summed E-state index contributed by atoms with van der Waals surface area (Å²) in [4.78, 5) is 36.5. The third kappa shape index (κ3) is 4.28. The molecular formula is C27H38O5. The number of hydrogen-bond donors (Lipinski definition) is 2. The molecule has 0 radical (unpaired) electrons. The van der Waals surface area contributed by atoms with Crippen LogP contribution in [0.15, 0.2) is 34.4 Å². The van der Waals surface area contributed by atoms with Crippen LogP contribution in [0.3, 0.4) is 0 Å². The van der Waals surface area contributed by atoms with Crippen LogP contribution < -0.4 is 0 Å². The molecule has 0 bridgehead atoms. The average Bonchev–Trinajstić information content (AvgIpc) is 2.66. The molecular weight excluding hydrogens is 404 g/mol. The third-order valence-electron chi connectivity index (χ3n) is 8.75. The predicted octanol–water partition coefficient (Wildman–Crippen LogP) is 5.19. The molecule has 176 valence electrons. The number of allylic oxidation sites excluding steroid dienone is 5. The summed E-state index contributed by atoms with van der Waals surface area (Å²) < 4.78 is 0. The van der Waals surface area contributed by atoms with E-state index in [4.69, 9.17) is 0 Å². The first-order chi connectivity index (χ1) is 14.7. The Hall–Kier alpha value is -2.01. The SMILES string of the molecule is CC1=CC(=O)C=C(C[C@]2(C)[C@H]3CCC(C(C)(C)O)=C(CCC(=O)O)[C@]3(C)CC[C@@H]2C)C1=O. The van der Waals surface area contributed by atoms with Crippen molar-refractivity contribution < 1.29 is 24.6 Å². The molecule has 3 rings (SSSR count). The summed E-state index contributed by atoms with van der Waals surface area (Å²) in [5.74, 6) is -0.394. The summed E-state index contributed by atoms with van der Waals surface area (Å²) in [5, 5.41) is 20.3. The van der Waals surface area contributed by atoms with E-state index in [1.54, 1.807) is 20.8 Å². The minimum absolute atomic E-state index is 0.0417. The molecule has 5 nitrogen and oxygen atoms in total. The highest BCUT2D eigenvalue weighted by molar-refractivity contribution is 6.20. The molecule has 0 heterocycles. The summed E-state index contributed by atoms with van der Waals surface area (Å²) in [5.41, 5.74) is 1.74. The van der Waals surface area contributed by atoms with Gasteiger partial charge in [0.2, 0.25) is 0 Å². The first kappa shape index (κ1) is 24.6. The Morgan fingerprint density at radius 1 is 1.19 bits per heavy atom. The molecule has 2 N–H and O–H groups in total. The lowest BCUT2D eigenvalue weighted by molar-refractivity contribution is -0.137. The topological polar surface area (TPSA) is 91.7 Å². The van der Waals surface area contributed by atoms with Gasteiger partial charge in [0.1, 0.15) is 0 Å². The van der Waals surface area contributed by atoms with Gasteiger partial charge in [-0.05, 0) is 99.7 Å². The van der Waals surface area contributed by atoms with E-state index < -0.39 is 11.6 Å². The lowest BCUT2D eigenvalue weighted by Crippen LogP contribution is -2.52. The molecule has 0 spiro atoms. The van der Waals surface area contributed by atoms with E-state index in [-0.39, 0.29) is 34.7 Å². The quantitative estimate of drug-likeness (QED) is 0.436. The third-order valence-corrected chi connectivity index (χ3v) is 8.75. The van der Waals surface area contributed by atoms with Crippen LogP contribution >= 0.6 is 0 Å². The van der Waals surface area contributed by atoms with Gasteiger partial charge in [0.25, 0.3) is 0 Å². The van der Waals surface area contributed by atoms with Gasteiger partial charge in [-0.25, -0.2) is 0 Å². The number of Topliss-reactive ketones (excluding diaryl/α,β-unsaturated/α-hetero) is 1. The first-order valence-electron chi connectivity index (χ1n) is 11.8. The van der Waals surface area contributed by atoms with Crippen molar-refractivity contribution in [2.24, 2.45) is 22.7 Å². The number of aliphatic hydroxyl groups is 1. The summed E-state index contributed by atoms with van der Waals surface area (Å²) in [6.07, 6.45) is 7.46. The van der Waals surface area contributed by atoms with Gasteiger partial charge < -0.3 is 10.2 Å². The Bertz CT molecular complexity index is 928. The van der Waals surface area contributed by atoms with E-state index in [9.17, 15) is 24.6 Å². The summed E-state index contributed by atoms with van der Waals surface area (Å²) >= 11 is 0. The second-order valence-electron chi connectivity index (χ2n) is 11.3. The number of carbonyl (C=O) groups excluding carboxylic acids is 2. The minimum Gasteiger partial charge on any atom is -0.481 e. The lowest BCUT2D eigenvalue weighted by atomic mass is 9.45. The number of carboxylic acid groups (broad SMARTS) is 1. The van der Waals surface area contributed by atoms with E-state index in [1.807, 2.05) is 0 Å². The van der Waals surface area contributed by atoms with Gasteiger partial charge in [0.15, 0.2) is 11.6 Å². The highest BCUT2D eigenvalue weighted by atomic mass is 16.4. The Morgan fingerprint density at radius 2 is 1.84 bits per heavy atom. The van der Waals surface area contributed by atoms with E-state index in [0.717, 1.165) is 36.8 Å². The summed E-state index contributed by atoms with van der Waals surface area (Å²) in [6, 6.07) is 0. The van der Waals surface area contributed by atoms with Crippen molar-refractivity contribution in [3.8, 4) is 0 Å². The molecule has 32 heavy (non-hydrogen) atoms. The van der Waals surface area contributed by atoms with Crippen LogP contribution in [-0.4, -0.2) is 33.3 Å². The van der Waals surface area contributed by atoms with Gasteiger partial charge in [0.05, 0.1) is 5.60 Å². The zero-order chi connectivity index (χ0) is 24.1. The fourth-order valence-electron chi connectivity index (χ4n) is 6.88. The van der Waals surface area contributed by atoms with Crippen LogP contribution in [0.1, 0.15) is 86.5 Å². The van der Waals surface area contributed by atoms with Crippen LogP contribution in [0, 0.1) is 22.7 Å². The molecule has 3 aliphatic rings. The van der Waals surface area contributed by atoms with Gasteiger partial charge in [0, 0.05) is 17.6 Å². The number of aliphatic carboxylic acids is 1. The van der Waals surface area contributed by atoms with Crippen LogP contribution in [0.25, 0.3) is 0 Å². The van der Waals surface area contributed by atoms with Crippen molar-refractivity contribution >= 4 is 17.5 Å². The van der Waals surface area contributed by atoms with Crippen LogP contribution in [0.5, 0.6) is 0 Å². The van der Waals surface area contributed by atoms with Crippen molar-refractivity contribution in [3.05, 3.63) is 34.4 Å². The number of fused-ring (bicyclic) bond motifs is 1. The monoisotopic (exact) mass is 442 g/mol. The van der Waals surface area contributed by atoms with Gasteiger partial charge in [-0.1, -0.05) is 26.3 Å². The number of carbonyl (C=O) groups is 3. The Morgan fingerprint density at radius 3 is 2.44 bits per heavy atom. The summed E-state index contributed by atoms with van der Waals surface area (Å²) in [7, 11) is 0. The number of rotatable bonds is 6. The molecule has 4 atom stereocenters. The molecule has 0 aromatic heterocycles. The van der Waals surface area contributed by atoms with Crippen molar-refractivity contribution in [2.75, 3.05) is 0 Å². The van der Waals surface area contributed by atoms with Gasteiger partial charge in [-0.3, -0.25) is 14.4 Å². The van der Waals surface area contributed by atoms with Gasteiger partial charge >= 0.3 is 5.97 Å². The highest BCUT2D eigenvalue weighted by Crippen LogP contribution is 2.64.